The summed E-state index contributed by atoms with van der Waals surface area (Å²) >= 11 is 0. The monoisotopic (exact) mass is 334 g/mol. The molecule has 0 unspecified atom stereocenters. The van der Waals surface area contributed by atoms with Crippen molar-refractivity contribution < 1.29 is 30.6 Å². The van der Waals surface area contributed by atoms with E-state index in [1.807, 2.05) is 0 Å². The van der Waals surface area contributed by atoms with Crippen LogP contribution in [-0.2, 0) is 12.8 Å². The summed E-state index contributed by atoms with van der Waals surface area (Å²) in [4.78, 5) is 0. The Hall–Kier alpha value is -2.12. The Morgan fingerprint density at radius 2 is 1.04 bits per heavy atom. The number of hydrogen-bond acceptors (Lipinski definition) is 6. The summed E-state index contributed by atoms with van der Waals surface area (Å²) in [6.45, 7) is -0.730. The van der Waals surface area contributed by atoms with Gasteiger partial charge in [0.25, 0.3) is 0 Å². The fourth-order valence-electron chi connectivity index (χ4n) is 2.53. The molecule has 24 heavy (non-hydrogen) atoms. The van der Waals surface area contributed by atoms with E-state index < -0.39 is 12.2 Å². The van der Waals surface area contributed by atoms with Gasteiger partial charge in [-0.3, -0.25) is 0 Å². The van der Waals surface area contributed by atoms with Gasteiger partial charge in [-0.15, -0.1) is 0 Å². The highest BCUT2D eigenvalue weighted by Gasteiger charge is 2.14. The maximum Gasteiger partial charge on any atom is 0.123 e. The first kappa shape index (κ1) is 18.2. The molecule has 0 saturated heterocycles. The normalized spacial score (nSPS) is 13.7. The number of hydrogen-bond donors (Lipinski definition) is 6. The van der Waals surface area contributed by atoms with Crippen molar-refractivity contribution in [3.8, 4) is 22.6 Å². The number of phenols is 2. The summed E-state index contributed by atoms with van der Waals surface area (Å²) in [7, 11) is 0. The Labute approximate surface area is 139 Å². The number of phenolic OH excluding ortho intramolecular Hbond substituents is 2. The highest BCUT2D eigenvalue weighted by atomic mass is 16.3. The predicted molar refractivity (Wildman–Crippen MR) is 88.8 cm³/mol. The molecule has 2 aromatic carbocycles. The average Bonchev–Trinajstić information content (AvgIpc) is 2.58. The fourth-order valence-corrected chi connectivity index (χ4v) is 2.53. The summed E-state index contributed by atoms with van der Waals surface area (Å²) in [5.41, 5.74) is 2.17. The third-order valence-corrected chi connectivity index (χ3v) is 3.78. The number of benzene rings is 2. The lowest BCUT2D eigenvalue weighted by atomic mass is 9.96. The van der Waals surface area contributed by atoms with E-state index >= 15 is 0 Å². The maximum atomic E-state index is 10.1. The van der Waals surface area contributed by atoms with E-state index in [4.69, 9.17) is 10.2 Å². The third kappa shape index (κ3) is 4.46. The maximum absolute atomic E-state index is 10.1. The molecule has 0 aliphatic rings. The van der Waals surface area contributed by atoms with Gasteiger partial charge in [-0.25, -0.2) is 0 Å². The van der Waals surface area contributed by atoms with Crippen molar-refractivity contribution in [1.82, 2.24) is 0 Å². The van der Waals surface area contributed by atoms with Crippen LogP contribution in [0.25, 0.3) is 11.1 Å². The van der Waals surface area contributed by atoms with E-state index in [9.17, 15) is 20.4 Å². The first-order chi connectivity index (χ1) is 11.4. The van der Waals surface area contributed by atoms with Crippen LogP contribution in [0.15, 0.2) is 36.4 Å². The second-order valence-electron chi connectivity index (χ2n) is 5.78. The van der Waals surface area contributed by atoms with Crippen molar-refractivity contribution in [3.05, 3.63) is 47.5 Å². The van der Waals surface area contributed by atoms with Gasteiger partial charge in [-0.05, 0) is 35.4 Å². The van der Waals surface area contributed by atoms with Gasteiger partial charge >= 0.3 is 0 Å². The van der Waals surface area contributed by atoms with Crippen LogP contribution in [-0.4, -0.2) is 56.1 Å². The minimum Gasteiger partial charge on any atom is -0.507 e. The van der Waals surface area contributed by atoms with Gasteiger partial charge in [-0.2, -0.15) is 0 Å². The summed E-state index contributed by atoms with van der Waals surface area (Å²) in [6, 6.07) is 9.46. The van der Waals surface area contributed by atoms with Gasteiger partial charge in [0.2, 0.25) is 0 Å². The second-order valence-corrected chi connectivity index (χ2v) is 5.78. The lowest BCUT2D eigenvalue weighted by Crippen LogP contribution is -2.15. The van der Waals surface area contributed by atoms with Crippen molar-refractivity contribution in [2.75, 3.05) is 13.2 Å². The molecule has 0 spiro atoms. The SMILES string of the molecule is OC[C@H](O)Cc1ccc(O)c(-c2cc(C[C@@H](O)CO)ccc2O)c1. The van der Waals surface area contributed by atoms with Gasteiger partial charge in [0, 0.05) is 24.0 Å². The Morgan fingerprint density at radius 1 is 0.667 bits per heavy atom. The minimum absolute atomic E-state index is 0.0348. The van der Waals surface area contributed by atoms with Gasteiger partial charge in [-0.1, -0.05) is 12.1 Å². The minimum atomic E-state index is -0.901. The van der Waals surface area contributed by atoms with Crippen molar-refractivity contribution >= 4 is 0 Å². The highest BCUT2D eigenvalue weighted by molar-refractivity contribution is 5.76. The van der Waals surface area contributed by atoms with Crippen molar-refractivity contribution in [3.63, 3.8) is 0 Å². The summed E-state index contributed by atoms with van der Waals surface area (Å²) in [5, 5.41) is 57.2. The summed E-state index contributed by atoms with van der Waals surface area (Å²) in [6.07, 6.45) is -1.37. The molecule has 0 aliphatic carbocycles. The summed E-state index contributed by atoms with van der Waals surface area (Å²) < 4.78 is 0. The third-order valence-electron chi connectivity index (χ3n) is 3.78. The number of aliphatic hydroxyl groups excluding tert-OH is 4. The largest absolute Gasteiger partial charge is 0.507 e. The Kier molecular flexibility index (Phi) is 6.16. The molecule has 2 rings (SSSR count). The summed E-state index contributed by atoms with van der Waals surface area (Å²) in [5.74, 6) is -0.0696. The molecule has 0 radical (unpaired) electrons. The van der Waals surface area contributed by atoms with Crippen LogP contribution in [0.2, 0.25) is 0 Å². The first-order valence-corrected chi connectivity index (χ1v) is 7.66. The number of rotatable bonds is 7. The van der Waals surface area contributed by atoms with Crippen LogP contribution in [0.3, 0.4) is 0 Å². The van der Waals surface area contributed by atoms with Crippen molar-refractivity contribution in [1.29, 1.82) is 0 Å². The van der Waals surface area contributed by atoms with Crippen LogP contribution in [0.1, 0.15) is 11.1 Å². The number of aromatic hydroxyl groups is 2. The molecular weight excluding hydrogens is 312 g/mol. The average molecular weight is 334 g/mol. The highest BCUT2D eigenvalue weighted by Crippen LogP contribution is 2.37. The molecule has 0 amide bonds. The van der Waals surface area contributed by atoms with Crippen molar-refractivity contribution in [2.24, 2.45) is 0 Å². The topological polar surface area (TPSA) is 121 Å². The standard InChI is InChI=1S/C18H22O6/c19-9-13(21)5-11-1-3-17(23)15(7-11)16-8-12(2-4-18(16)24)6-14(22)10-20/h1-4,7-8,13-14,19-24H,5-6,9-10H2/t13-,14-/m1/s1. The molecule has 0 aromatic heterocycles. The van der Waals surface area contributed by atoms with E-state index in [0.29, 0.717) is 22.3 Å². The van der Waals surface area contributed by atoms with E-state index in [2.05, 4.69) is 0 Å². The van der Waals surface area contributed by atoms with E-state index in [-0.39, 0.29) is 37.6 Å². The first-order valence-electron chi connectivity index (χ1n) is 7.66. The Morgan fingerprint density at radius 3 is 1.38 bits per heavy atom. The lowest BCUT2D eigenvalue weighted by Gasteiger charge is -2.14. The predicted octanol–water partition coefficient (Wildman–Crippen LogP) is 0.556. The Bertz CT molecular complexity index is 626. The van der Waals surface area contributed by atoms with E-state index in [1.54, 1.807) is 24.3 Å². The molecule has 0 saturated carbocycles. The van der Waals surface area contributed by atoms with Crippen molar-refractivity contribution in [2.45, 2.75) is 25.0 Å². The quantitative estimate of drug-likeness (QED) is 0.440. The zero-order valence-corrected chi connectivity index (χ0v) is 13.1. The number of aliphatic hydroxyl groups is 4. The lowest BCUT2D eigenvalue weighted by molar-refractivity contribution is 0.0954. The van der Waals surface area contributed by atoms with Gasteiger partial charge in [0.15, 0.2) is 0 Å². The molecule has 2 atom stereocenters. The molecule has 6 nitrogen and oxygen atoms in total. The second kappa shape index (κ2) is 8.12. The molecule has 2 aromatic rings. The molecule has 0 heterocycles. The van der Waals surface area contributed by atoms with Crippen LogP contribution in [0.5, 0.6) is 11.5 Å². The molecular formula is C18H22O6. The Balaban J connectivity index is 2.39. The van der Waals surface area contributed by atoms with Crippen LogP contribution in [0, 0.1) is 0 Å². The zero-order valence-electron chi connectivity index (χ0n) is 13.1. The molecule has 0 bridgehead atoms. The van der Waals surface area contributed by atoms with Crippen LogP contribution in [0.4, 0.5) is 0 Å². The van der Waals surface area contributed by atoms with Gasteiger partial charge in [0.05, 0.1) is 25.4 Å². The zero-order chi connectivity index (χ0) is 17.7. The van der Waals surface area contributed by atoms with Gasteiger partial charge in [0.1, 0.15) is 11.5 Å². The van der Waals surface area contributed by atoms with Crippen LogP contribution >= 0.6 is 0 Å². The molecule has 0 fully saturated rings. The molecule has 130 valence electrons. The molecule has 6 N–H and O–H groups in total. The van der Waals surface area contributed by atoms with Gasteiger partial charge < -0.3 is 30.6 Å². The molecule has 0 aliphatic heterocycles. The van der Waals surface area contributed by atoms with E-state index in [1.165, 1.54) is 12.1 Å². The van der Waals surface area contributed by atoms with E-state index in [0.717, 1.165) is 0 Å². The fraction of sp³-hybridized carbons (Fsp3) is 0.333. The van der Waals surface area contributed by atoms with Crippen LogP contribution < -0.4 is 0 Å². The molecule has 6 heteroatoms. The smallest absolute Gasteiger partial charge is 0.123 e.